The van der Waals surface area contributed by atoms with Gasteiger partial charge in [-0.25, -0.2) is 0 Å². The minimum absolute atomic E-state index is 0.121. The van der Waals surface area contributed by atoms with Crippen LogP contribution in [0.15, 0.2) is 0 Å². The molecule has 12 heavy (non-hydrogen) atoms. The van der Waals surface area contributed by atoms with Gasteiger partial charge in [-0.2, -0.15) is 0 Å². The lowest BCUT2D eigenvalue weighted by molar-refractivity contribution is 0.193. The molecule has 3 N–H and O–H groups in total. The van der Waals surface area contributed by atoms with Gasteiger partial charge in [-0.3, -0.25) is 0 Å². The number of rotatable bonds is 3. The Hall–Kier alpha value is -0.120. The summed E-state index contributed by atoms with van der Waals surface area (Å²) in [7, 11) is 0. The molecule has 2 atom stereocenters. The van der Waals surface area contributed by atoms with Gasteiger partial charge in [0.1, 0.15) is 0 Å². The number of nitrogens with one attached hydrogen (secondary N) is 2. The average molecular weight is 170 g/mol. The fourth-order valence-electron chi connectivity index (χ4n) is 1.69. The Bertz CT molecular complexity index is 168. The zero-order chi connectivity index (χ0) is 8.60. The van der Waals surface area contributed by atoms with Crippen LogP contribution in [0, 0.1) is 0 Å². The second-order valence-electron chi connectivity index (χ2n) is 4.44. The summed E-state index contributed by atoms with van der Waals surface area (Å²) in [4.78, 5) is 0. The van der Waals surface area contributed by atoms with Crippen molar-refractivity contribution in [2.24, 2.45) is 0 Å². The molecule has 2 fully saturated rings. The topological polar surface area (TPSA) is 44.3 Å². The maximum atomic E-state index is 9.25. The largest absolute Gasteiger partial charge is 0.392 e. The number of aliphatic hydroxyl groups is 1. The molecule has 2 unspecified atom stereocenters. The van der Waals surface area contributed by atoms with Crippen molar-refractivity contribution in [2.45, 2.75) is 43.9 Å². The molecule has 1 aliphatic carbocycles. The Morgan fingerprint density at radius 1 is 1.58 bits per heavy atom. The van der Waals surface area contributed by atoms with Crippen molar-refractivity contribution in [1.82, 2.24) is 10.6 Å². The Balaban J connectivity index is 1.67. The van der Waals surface area contributed by atoms with E-state index in [1.165, 1.54) is 12.8 Å². The zero-order valence-electron chi connectivity index (χ0n) is 7.64. The Morgan fingerprint density at radius 2 is 2.33 bits per heavy atom. The molecule has 3 heteroatoms. The molecule has 2 rings (SSSR count). The number of hydrogen-bond acceptors (Lipinski definition) is 3. The molecule has 3 nitrogen and oxygen atoms in total. The highest BCUT2D eigenvalue weighted by molar-refractivity contribution is 4.98. The molecule has 1 saturated heterocycles. The molecule has 2 aliphatic rings. The number of β-amino-alcohol motifs (C(OH)–C–C–N with tert-alkyl or cyclic N) is 1. The third kappa shape index (κ3) is 1.97. The van der Waals surface area contributed by atoms with Gasteiger partial charge in [0.15, 0.2) is 0 Å². The highest BCUT2D eigenvalue weighted by Crippen LogP contribution is 2.34. The fourth-order valence-corrected chi connectivity index (χ4v) is 1.69. The molecular formula is C9H18N2O. The van der Waals surface area contributed by atoms with Crippen LogP contribution in [0.2, 0.25) is 0 Å². The van der Waals surface area contributed by atoms with E-state index in [4.69, 9.17) is 0 Å². The smallest absolute Gasteiger partial charge is 0.0680 e. The van der Waals surface area contributed by atoms with Crippen molar-refractivity contribution in [3.63, 3.8) is 0 Å². The van der Waals surface area contributed by atoms with Crippen molar-refractivity contribution in [3.05, 3.63) is 0 Å². The molecule has 0 aromatic rings. The van der Waals surface area contributed by atoms with Crippen LogP contribution >= 0.6 is 0 Å². The quantitative estimate of drug-likeness (QED) is 0.552. The van der Waals surface area contributed by atoms with Crippen LogP contribution in [0.25, 0.3) is 0 Å². The van der Waals surface area contributed by atoms with Crippen LogP contribution in [0.1, 0.15) is 26.2 Å². The fraction of sp³-hybridized carbons (Fsp3) is 1.00. The molecule has 0 radical (unpaired) electrons. The van der Waals surface area contributed by atoms with Crippen molar-refractivity contribution in [2.75, 3.05) is 13.1 Å². The first-order valence-electron chi connectivity index (χ1n) is 4.84. The molecular weight excluding hydrogens is 152 g/mol. The van der Waals surface area contributed by atoms with Gasteiger partial charge in [0.25, 0.3) is 0 Å². The third-order valence-electron chi connectivity index (χ3n) is 2.97. The van der Waals surface area contributed by atoms with Gasteiger partial charge in [0, 0.05) is 24.7 Å². The van der Waals surface area contributed by atoms with Crippen molar-refractivity contribution in [3.8, 4) is 0 Å². The predicted molar refractivity (Wildman–Crippen MR) is 48.1 cm³/mol. The van der Waals surface area contributed by atoms with E-state index in [-0.39, 0.29) is 6.10 Å². The molecule has 1 heterocycles. The summed E-state index contributed by atoms with van der Waals surface area (Å²) in [5.41, 5.74) is 0.426. The van der Waals surface area contributed by atoms with Crippen LogP contribution in [0.3, 0.4) is 0 Å². The minimum atomic E-state index is -0.121. The van der Waals surface area contributed by atoms with Crippen LogP contribution in [-0.4, -0.2) is 35.9 Å². The lowest BCUT2D eigenvalue weighted by atomic mass is 10.2. The standard InChI is InChI=1S/C9H18N2O/c1-9(2-3-9)11-5-7-4-8(12)6-10-7/h7-8,10-12H,2-6H2,1H3. The predicted octanol–water partition coefficient (Wildman–Crippen LogP) is -0.149. The third-order valence-corrected chi connectivity index (χ3v) is 2.97. The molecule has 0 aromatic carbocycles. The average Bonchev–Trinajstić information content (AvgIpc) is 2.60. The van der Waals surface area contributed by atoms with E-state index in [9.17, 15) is 5.11 Å². The summed E-state index contributed by atoms with van der Waals surface area (Å²) in [6, 6.07) is 0.484. The van der Waals surface area contributed by atoms with Gasteiger partial charge < -0.3 is 15.7 Å². The molecule has 1 aliphatic heterocycles. The summed E-state index contributed by atoms with van der Waals surface area (Å²) in [5.74, 6) is 0. The van der Waals surface area contributed by atoms with Crippen LogP contribution in [0.5, 0.6) is 0 Å². The number of aliphatic hydroxyl groups excluding tert-OH is 1. The van der Waals surface area contributed by atoms with Gasteiger partial charge in [0.2, 0.25) is 0 Å². The van der Waals surface area contributed by atoms with Gasteiger partial charge in [-0.05, 0) is 26.2 Å². The van der Waals surface area contributed by atoms with Gasteiger partial charge in [-0.1, -0.05) is 0 Å². The van der Waals surface area contributed by atoms with Crippen LogP contribution in [-0.2, 0) is 0 Å². The van der Waals surface area contributed by atoms with E-state index in [1.807, 2.05) is 0 Å². The maximum Gasteiger partial charge on any atom is 0.0680 e. The summed E-state index contributed by atoms with van der Waals surface area (Å²) in [5, 5.41) is 16.1. The van der Waals surface area contributed by atoms with E-state index in [0.29, 0.717) is 11.6 Å². The number of hydrogen-bond donors (Lipinski definition) is 3. The molecule has 0 bridgehead atoms. The van der Waals surface area contributed by atoms with Crippen molar-refractivity contribution >= 4 is 0 Å². The van der Waals surface area contributed by atoms with Gasteiger partial charge in [-0.15, -0.1) is 0 Å². The van der Waals surface area contributed by atoms with Gasteiger partial charge >= 0.3 is 0 Å². The first-order chi connectivity index (χ1) is 5.68. The highest BCUT2D eigenvalue weighted by atomic mass is 16.3. The van der Waals surface area contributed by atoms with Crippen molar-refractivity contribution < 1.29 is 5.11 Å². The lowest BCUT2D eigenvalue weighted by Crippen LogP contribution is -2.39. The van der Waals surface area contributed by atoms with Crippen LogP contribution < -0.4 is 10.6 Å². The second-order valence-corrected chi connectivity index (χ2v) is 4.44. The summed E-state index contributed by atoms with van der Waals surface area (Å²) < 4.78 is 0. The molecule has 0 amide bonds. The first-order valence-corrected chi connectivity index (χ1v) is 4.84. The first kappa shape index (κ1) is 8.48. The zero-order valence-corrected chi connectivity index (χ0v) is 7.64. The van der Waals surface area contributed by atoms with E-state index < -0.39 is 0 Å². The Labute approximate surface area is 73.5 Å². The monoisotopic (exact) mass is 170 g/mol. The summed E-state index contributed by atoms with van der Waals surface area (Å²) in [6.07, 6.45) is 3.40. The second kappa shape index (κ2) is 2.98. The summed E-state index contributed by atoms with van der Waals surface area (Å²) in [6.45, 7) is 4.04. The van der Waals surface area contributed by atoms with Crippen molar-refractivity contribution in [1.29, 1.82) is 0 Å². The summed E-state index contributed by atoms with van der Waals surface area (Å²) >= 11 is 0. The van der Waals surface area contributed by atoms with E-state index >= 15 is 0 Å². The van der Waals surface area contributed by atoms with Gasteiger partial charge in [0.05, 0.1) is 6.10 Å². The Kier molecular flexibility index (Phi) is 2.10. The molecule has 1 saturated carbocycles. The van der Waals surface area contributed by atoms with E-state index in [2.05, 4.69) is 17.6 Å². The normalized spacial score (nSPS) is 38.5. The van der Waals surface area contributed by atoms with Crippen LogP contribution in [0.4, 0.5) is 0 Å². The molecule has 0 spiro atoms. The minimum Gasteiger partial charge on any atom is -0.392 e. The SMILES string of the molecule is CC1(NCC2CC(O)CN2)CC1. The molecule has 0 aromatic heterocycles. The van der Waals surface area contributed by atoms with E-state index in [1.54, 1.807) is 0 Å². The lowest BCUT2D eigenvalue weighted by Gasteiger charge is -2.15. The molecule has 70 valence electrons. The highest BCUT2D eigenvalue weighted by Gasteiger charge is 2.37. The van der Waals surface area contributed by atoms with E-state index in [0.717, 1.165) is 19.5 Å². The maximum absolute atomic E-state index is 9.25. The Morgan fingerprint density at radius 3 is 2.83 bits per heavy atom.